The van der Waals surface area contributed by atoms with Crippen molar-refractivity contribution in [2.75, 3.05) is 46.0 Å². The Morgan fingerprint density at radius 3 is 1.60 bits per heavy atom. The van der Waals surface area contributed by atoms with Crippen LogP contribution in [-0.2, 0) is 23.7 Å². The van der Waals surface area contributed by atoms with Gasteiger partial charge >= 0.3 is 6.09 Å². The quantitative estimate of drug-likeness (QED) is 0.0818. The Labute approximate surface area is 337 Å². The molecular formula is C44H52N2O12. The van der Waals surface area contributed by atoms with Crippen molar-refractivity contribution >= 4 is 6.09 Å². The van der Waals surface area contributed by atoms with Crippen LogP contribution in [0.15, 0.2) is 109 Å². The number of benzene rings is 4. The van der Waals surface area contributed by atoms with Crippen LogP contribution in [0.2, 0.25) is 0 Å². The lowest BCUT2D eigenvalue weighted by Gasteiger charge is -2.40. The predicted octanol–water partition coefficient (Wildman–Crippen LogP) is 2.61. The van der Waals surface area contributed by atoms with Gasteiger partial charge in [0.1, 0.15) is 43.2 Å². The van der Waals surface area contributed by atoms with Crippen LogP contribution < -0.4 is 5.32 Å². The van der Waals surface area contributed by atoms with Crippen molar-refractivity contribution in [3.8, 4) is 11.1 Å². The zero-order valence-electron chi connectivity index (χ0n) is 32.0. The number of rotatable bonds is 16. The van der Waals surface area contributed by atoms with Crippen LogP contribution >= 0.6 is 0 Å². The lowest BCUT2D eigenvalue weighted by atomic mass is 9.98. The summed E-state index contributed by atoms with van der Waals surface area (Å²) in [5.74, 6) is -0.100. The Morgan fingerprint density at radius 1 is 0.672 bits per heavy atom. The van der Waals surface area contributed by atoms with E-state index >= 15 is 0 Å². The Balaban J connectivity index is 0.970. The molecule has 1 aliphatic carbocycles. The Kier molecular flexibility index (Phi) is 14.2. The number of hydrogen-bond acceptors (Lipinski definition) is 13. The molecule has 3 aliphatic rings. The minimum Gasteiger partial charge on any atom is -0.449 e. The highest BCUT2D eigenvalue weighted by atomic mass is 16.7. The molecule has 2 heterocycles. The van der Waals surface area contributed by atoms with Gasteiger partial charge in [-0.25, -0.2) is 4.79 Å². The average Bonchev–Trinajstić information content (AvgIpc) is 3.58. The number of amides is 1. The van der Waals surface area contributed by atoms with Gasteiger partial charge in [0.25, 0.3) is 0 Å². The van der Waals surface area contributed by atoms with Gasteiger partial charge in [0.2, 0.25) is 0 Å². The number of fused-ring (bicyclic) bond motifs is 3. The smallest absolute Gasteiger partial charge is 0.407 e. The van der Waals surface area contributed by atoms with Crippen LogP contribution in [-0.4, -0.2) is 136 Å². The first kappa shape index (κ1) is 41.9. The van der Waals surface area contributed by atoms with Crippen molar-refractivity contribution in [3.05, 3.63) is 131 Å². The number of aliphatic hydroxyl groups excluding tert-OH is 6. The van der Waals surface area contributed by atoms with Crippen LogP contribution in [0.5, 0.6) is 0 Å². The molecule has 6 unspecified atom stereocenters. The molecule has 0 aromatic heterocycles. The van der Waals surface area contributed by atoms with E-state index in [1.54, 1.807) is 53.4 Å². The largest absolute Gasteiger partial charge is 0.449 e. The predicted molar refractivity (Wildman–Crippen MR) is 210 cm³/mol. The molecule has 2 aliphatic heterocycles. The van der Waals surface area contributed by atoms with Crippen molar-refractivity contribution in [1.82, 2.24) is 10.2 Å². The Morgan fingerprint density at radius 2 is 1.12 bits per heavy atom. The van der Waals surface area contributed by atoms with Crippen molar-refractivity contribution < 1.29 is 59.1 Å². The minimum atomic E-state index is -1.57. The van der Waals surface area contributed by atoms with Gasteiger partial charge in [-0.05, 0) is 28.7 Å². The molecule has 2 saturated heterocycles. The number of nitrogens with one attached hydrogen (secondary N) is 1. The van der Waals surface area contributed by atoms with Crippen molar-refractivity contribution in [2.24, 2.45) is 0 Å². The average molecular weight is 801 g/mol. The fraction of sp³-hybridized carbons (Fsp3) is 0.432. The van der Waals surface area contributed by atoms with E-state index in [4.69, 9.17) is 23.7 Å². The molecule has 0 spiro atoms. The standard InChI is InChI=1S/C44H52N2O12/c47-34(38(51)40-36(49)25-54-42(57-40)27-12-3-1-4-13-27)22-46(23-35(48)39(52)41-37(50)26-55-43(58-41)28-14-5-2-6-15-28)21-11-20-45-44(53)56-24-33-31-18-9-7-16-29(31)30-17-8-10-19-32(30)33/h1-10,12-19,33-43,47-52H,11,20-26H2,(H,45,53)/t34?,35?,36-,37-,38?,39?,40-,41-,42?,43?/m1/s1. The first-order valence-electron chi connectivity index (χ1n) is 19.7. The first-order chi connectivity index (χ1) is 28.2. The monoisotopic (exact) mass is 800 g/mol. The maximum absolute atomic E-state index is 12.9. The van der Waals surface area contributed by atoms with Crippen LogP contribution in [0.4, 0.5) is 4.79 Å². The summed E-state index contributed by atoms with van der Waals surface area (Å²) in [7, 11) is 0. The molecule has 2 fully saturated rings. The van der Waals surface area contributed by atoms with Gasteiger partial charge in [-0.15, -0.1) is 0 Å². The molecule has 7 N–H and O–H groups in total. The van der Waals surface area contributed by atoms with Gasteiger partial charge in [-0.1, -0.05) is 109 Å². The van der Waals surface area contributed by atoms with E-state index in [0.717, 1.165) is 22.3 Å². The van der Waals surface area contributed by atoms with Gasteiger partial charge in [0.15, 0.2) is 12.6 Å². The Hall–Kier alpha value is -4.29. The zero-order valence-corrected chi connectivity index (χ0v) is 32.0. The molecule has 1 amide bonds. The molecular weight excluding hydrogens is 748 g/mol. The molecule has 0 radical (unpaired) electrons. The summed E-state index contributed by atoms with van der Waals surface area (Å²) in [6, 6.07) is 34.2. The Bertz CT molecular complexity index is 1780. The maximum Gasteiger partial charge on any atom is 0.407 e. The highest BCUT2D eigenvalue weighted by Gasteiger charge is 2.42. The molecule has 7 rings (SSSR count). The fourth-order valence-electron chi connectivity index (χ4n) is 7.88. The highest BCUT2D eigenvalue weighted by Crippen LogP contribution is 2.44. The number of carbonyl (C=O) groups excluding carboxylic acids is 1. The maximum atomic E-state index is 12.9. The van der Waals surface area contributed by atoms with Gasteiger partial charge < -0.3 is 59.6 Å². The second kappa shape index (κ2) is 19.6. The van der Waals surface area contributed by atoms with E-state index in [1.807, 2.05) is 48.5 Å². The molecule has 58 heavy (non-hydrogen) atoms. The van der Waals surface area contributed by atoms with Crippen molar-refractivity contribution in [1.29, 1.82) is 0 Å². The molecule has 4 aromatic carbocycles. The van der Waals surface area contributed by atoms with Gasteiger partial charge in [0.05, 0.1) is 25.4 Å². The second-order valence-corrected chi connectivity index (χ2v) is 15.0. The SMILES string of the molecule is O=C(NCCCN(CC(O)C(O)[C@@H]1OC(c2ccccc2)OC[C@H]1O)CC(O)C(O)[C@@H]1OC(c2ccccc2)OC[C@H]1O)OCC1c2ccccc2-c2ccccc21. The number of carbonyl (C=O) groups is 1. The minimum absolute atomic E-state index is 0.100. The van der Waals surface area contributed by atoms with Crippen molar-refractivity contribution in [2.45, 2.75) is 73.8 Å². The van der Waals surface area contributed by atoms with E-state index in [0.29, 0.717) is 17.5 Å². The molecule has 310 valence electrons. The molecule has 10 atom stereocenters. The summed E-state index contributed by atoms with van der Waals surface area (Å²) >= 11 is 0. The third-order valence-electron chi connectivity index (χ3n) is 10.9. The summed E-state index contributed by atoms with van der Waals surface area (Å²) in [4.78, 5) is 14.5. The molecule has 0 saturated carbocycles. The van der Waals surface area contributed by atoms with E-state index < -0.39 is 67.5 Å². The topological polar surface area (TPSA) is 200 Å². The molecule has 4 aromatic rings. The summed E-state index contributed by atoms with van der Waals surface area (Å²) in [6.07, 6.45) is -13.0. The first-order valence-corrected chi connectivity index (χ1v) is 19.7. The van der Waals surface area contributed by atoms with Gasteiger partial charge in [-0.2, -0.15) is 0 Å². The number of hydrogen-bond donors (Lipinski definition) is 7. The molecule has 14 heteroatoms. The van der Waals surface area contributed by atoms with E-state index in [-0.39, 0.29) is 51.9 Å². The van der Waals surface area contributed by atoms with Crippen LogP contribution in [0, 0.1) is 0 Å². The van der Waals surface area contributed by atoms with Crippen LogP contribution in [0.1, 0.15) is 47.2 Å². The summed E-state index contributed by atoms with van der Waals surface area (Å²) < 4.78 is 28.8. The third-order valence-corrected chi connectivity index (χ3v) is 10.9. The van der Waals surface area contributed by atoms with Crippen LogP contribution in [0.25, 0.3) is 11.1 Å². The fourth-order valence-corrected chi connectivity index (χ4v) is 7.88. The zero-order chi connectivity index (χ0) is 40.6. The number of alkyl carbamates (subject to hydrolysis) is 1. The third kappa shape index (κ3) is 9.93. The lowest BCUT2D eigenvalue weighted by molar-refractivity contribution is -0.285. The van der Waals surface area contributed by atoms with E-state index in [9.17, 15) is 35.4 Å². The van der Waals surface area contributed by atoms with E-state index in [2.05, 4.69) is 17.4 Å². The number of nitrogens with zero attached hydrogens (tertiary/aromatic N) is 1. The summed E-state index contributed by atoms with van der Waals surface area (Å²) in [5.41, 5.74) is 5.78. The van der Waals surface area contributed by atoms with Gasteiger partial charge in [-0.3, -0.25) is 4.90 Å². The lowest BCUT2D eigenvalue weighted by Crippen LogP contribution is -2.56. The summed E-state index contributed by atoms with van der Waals surface area (Å²) in [5, 5.41) is 69.4. The van der Waals surface area contributed by atoms with Gasteiger partial charge in [0, 0.05) is 43.2 Å². The van der Waals surface area contributed by atoms with Crippen molar-refractivity contribution in [3.63, 3.8) is 0 Å². The highest BCUT2D eigenvalue weighted by molar-refractivity contribution is 5.79. The molecule has 14 nitrogen and oxygen atoms in total. The normalized spacial score (nSPS) is 25.3. The van der Waals surface area contributed by atoms with Crippen LogP contribution in [0.3, 0.4) is 0 Å². The number of aliphatic hydroxyl groups is 6. The van der Waals surface area contributed by atoms with E-state index in [1.165, 1.54) is 0 Å². The molecule has 0 bridgehead atoms. The summed E-state index contributed by atoms with van der Waals surface area (Å²) in [6.45, 7) is -0.206. The number of ether oxygens (including phenoxy) is 5. The second-order valence-electron chi connectivity index (χ2n) is 15.0.